The van der Waals surface area contributed by atoms with E-state index in [1.165, 1.54) is 11.1 Å². The van der Waals surface area contributed by atoms with Gasteiger partial charge in [0.15, 0.2) is 0 Å². The van der Waals surface area contributed by atoms with E-state index in [9.17, 15) is 13.6 Å². The van der Waals surface area contributed by atoms with Crippen molar-refractivity contribution >= 4 is 11.9 Å². The van der Waals surface area contributed by atoms with E-state index >= 15 is 0 Å². The molecule has 8 heteroatoms. The molecular weight excluding hydrogens is 340 g/mol. The van der Waals surface area contributed by atoms with E-state index in [0.717, 1.165) is 0 Å². The standard InChI is InChI=1S/C18H19F2N5O/c19-18(20)5-10-24(15(26)14-3-1-6-21-11-14)12-17(18)4-9-25(13-17)16-22-7-2-8-23-16/h1-3,6-8,11H,4-5,9-10,12-13H2/t17-/m0/s1. The average Bonchev–Trinajstić information content (AvgIpc) is 3.11. The molecule has 1 atom stereocenters. The van der Waals surface area contributed by atoms with Crippen molar-refractivity contribution in [1.82, 2.24) is 19.9 Å². The van der Waals surface area contributed by atoms with Crippen molar-refractivity contribution in [2.75, 3.05) is 31.1 Å². The van der Waals surface area contributed by atoms with Crippen LogP contribution in [0.2, 0.25) is 0 Å². The minimum Gasteiger partial charge on any atom is -0.340 e. The lowest BCUT2D eigenvalue weighted by molar-refractivity contribution is -0.150. The highest BCUT2D eigenvalue weighted by molar-refractivity contribution is 5.94. The first-order valence-electron chi connectivity index (χ1n) is 8.60. The largest absolute Gasteiger partial charge is 0.340 e. The van der Waals surface area contributed by atoms with E-state index in [4.69, 9.17) is 0 Å². The second-order valence-electron chi connectivity index (χ2n) is 6.92. The van der Waals surface area contributed by atoms with Gasteiger partial charge in [0.1, 0.15) is 0 Å². The molecule has 0 bridgehead atoms. The number of halogens is 2. The van der Waals surface area contributed by atoms with Crippen LogP contribution < -0.4 is 4.90 Å². The molecule has 0 unspecified atom stereocenters. The number of anilines is 1. The fourth-order valence-electron chi connectivity index (χ4n) is 3.87. The summed E-state index contributed by atoms with van der Waals surface area (Å²) in [6.07, 6.45) is 6.23. The summed E-state index contributed by atoms with van der Waals surface area (Å²) in [4.78, 5) is 28.3. The molecule has 0 N–H and O–H groups in total. The van der Waals surface area contributed by atoms with Crippen LogP contribution in [0.1, 0.15) is 23.2 Å². The summed E-state index contributed by atoms with van der Waals surface area (Å²) in [5.41, 5.74) is -0.850. The normalized spacial score (nSPS) is 24.8. The van der Waals surface area contributed by atoms with Crippen molar-refractivity contribution in [3.05, 3.63) is 48.5 Å². The van der Waals surface area contributed by atoms with Crippen molar-refractivity contribution < 1.29 is 13.6 Å². The van der Waals surface area contributed by atoms with E-state index in [0.29, 0.717) is 24.5 Å². The molecule has 2 aromatic rings. The molecule has 2 saturated heterocycles. The van der Waals surface area contributed by atoms with Gasteiger partial charge in [0.25, 0.3) is 11.8 Å². The molecule has 2 fully saturated rings. The zero-order valence-electron chi connectivity index (χ0n) is 14.2. The average molecular weight is 359 g/mol. The third-order valence-corrected chi connectivity index (χ3v) is 5.35. The highest BCUT2D eigenvalue weighted by atomic mass is 19.3. The Balaban J connectivity index is 1.57. The topological polar surface area (TPSA) is 62.2 Å². The molecular formula is C18H19F2N5O. The second-order valence-corrected chi connectivity index (χ2v) is 6.92. The van der Waals surface area contributed by atoms with Crippen molar-refractivity contribution in [3.8, 4) is 0 Å². The molecule has 2 aliphatic rings. The van der Waals surface area contributed by atoms with Crippen LogP contribution in [-0.2, 0) is 0 Å². The number of carbonyl (C=O) groups excluding carboxylic acids is 1. The highest BCUT2D eigenvalue weighted by Crippen LogP contribution is 2.50. The molecule has 0 aromatic carbocycles. The van der Waals surface area contributed by atoms with Gasteiger partial charge in [-0.1, -0.05) is 0 Å². The molecule has 1 spiro atoms. The van der Waals surface area contributed by atoms with Crippen molar-refractivity contribution in [1.29, 1.82) is 0 Å². The number of piperidine rings is 1. The summed E-state index contributed by atoms with van der Waals surface area (Å²) in [6, 6.07) is 5.03. The minimum atomic E-state index is -2.83. The highest BCUT2D eigenvalue weighted by Gasteiger charge is 2.60. The lowest BCUT2D eigenvalue weighted by Crippen LogP contribution is -2.58. The van der Waals surface area contributed by atoms with E-state index in [2.05, 4.69) is 15.0 Å². The van der Waals surface area contributed by atoms with Gasteiger partial charge >= 0.3 is 0 Å². The monoisotopic (exact) mass is 359 g/mol. The lowest BCUT2D eigenvalue weighted by atomic mass is 9.75. The lowest BCUT2D eigenvalue weighted by Gasteiger charge is -2.45. The summed E-state index contributed by atoms with van der Waals surface area (Å²) in [7, 11) is 0. The first kappa shape index (κ1) is 16.8. The minimum absolute atomic E-state index is 0.0249. The number of hydrogen-bond acceptors (Lipinski definition) is 5. The Hall–Kier alpha value is -2.64. The Kier molecular flexibility index (Phi) is 4.05. The number of hydrogen-bond donors (Lipinski definition) is 0. The van der Waals surface area contributed by atoms with Gasteiger partial charge in [0.2, 0.25) is 5.95 Å². The number of nitrogens with zero attached hydrogens (tertiary/aromatic N) is 5. The number of rotatable bonds is 2. The summed E-state index contributed by atoms with van der Waals surface area (Å²) < 4.78 is 29.8. The van der Waals surface area contributed by atoms with Gasteiger partial charge in [-0.05, 0) is 24.6 Å². The molecule has 4 rings (SSSR count). The zero-order chi connectivity index (χ0) is 18.2. The van der Waals surface area contributed by atoms with Crippen LogP contribution in [0.25, 0.3) is 0 Å². The molecule has 1 amide bonds. The maximum atomic E-state index is 14.9. The van der Waals surface area contributed by atoms with E-state index < -0.39 is 11.3 Å². The Morgan fingerprint density at radius 3 is 2.58 bits per heavy atom. The molecule has 26 heavy (non-hydrogen) atoms. The maximum absolute atomic E-state index is 14.9. The van der Waals surface area contributed by atoms with Crippen LogP contribution in [0.4, 0.5) is 14.7 Å². The molecule has 136 valence electrons. The predicted octanol–water partition coefficient (Wildman–Crippen LogP) is 2.25. The molecule has 2 aromatic heterocycles. The third-order valence-electron chi connectivity index (χ3n) is 5.35. The number of aromatic nitrogens is 3. The summed E-state index contributed by atoms with van der Waals surface area (Å²) in [5.74, 6) is -2.62. The summed E-state index contributed by atoms with van der Waals surface area (Å²) >= 11 is 0. The van der Waals surface area contributed by atoms with Gasteiger partial charge in [-0.25, -0.2) is 18.7 Å². The van der Waals surface area contributed by atoms with Gasteiger partial charge in [-0.3, -0.25) is 9.78 Å². The number of pyridine rings is 1. The first-order valence-corrected chi connectivity index (χ1v) is 8.60. The Bertz CT molecular complexity index is 789. The first-order chi connectivity index (χ1) is 12.5. The second kappa shape index (κ2) is 6.26. The Labute approximate surface area is 149 Å². The van der Waals surface area contributed by atoms with Gasteiger partial charge < -0.3 is 9.80 Å². The van der Waals surface area contributed by atoms with E-state index in [1.807, 2.05) is 0 Å². The van der Waals surface area contributed by atoms with Gasteiger partial charge in [-0.15, -0.1) is 0 Å². The summed E-state index contributed by atoms with van der Waals surface area (Å²) in [6.45, 7) is 0.663. The van der Waals surface area contributed by atoms with E-state index in [1.54, 1.807) is 41.7 Å². The zero-order valence-corrected chi connectivity index (χ0v) is 14.2. The van der Waals surface area contributed by atoms with Crippen LogP contribution in [0.3, 0.4) is 0 Å². The van der Waals surface area contributed by atoms with Crippen LogP contribution >= 0.6 is 0 Å². The molecule has 0 radical (unpaired) electrons. The number of alkyl halides is 2. The predicted molar refractivity (Wildman–Crippen MR) is 91.0 cm³/mol. The SMILES string of the molecule is O=C(c1cccnc1)N1CCC(F)(F)[C@@]2(CCN(c3ncccn3)C2)C1. The molecule has 4 heterocycles. The Morgan fingerprint density at radius 2 is 1.85 bits per heavy atom. The van der Waals surface area contributed by atoms with Crippen LogP contribution in [-0.4, -0.2) is 57.9 Å². The van der Waals surface area contributed by atoms with Gasteiger partial charge in [0, 0.05) is 57.4 Å². The van der Waals surface area contributed by atoms with Crippen LogP contribution in [0, 0.1) is 5.41 Å². The van der Waals surface area contributed by atoms with Crippen LogP contribution in [0.5, 0.6) is 0 Å². The van der Waals surface area contributed by atoms with Crippen molar-refractivity contribution in [3.63, 3.8) is 0 Å². The fourth-order valence-corrected chi connectivity index (χ4v) is 3.87. The maximum Gasteiger partial charge on any atom is 0.258 e. The molecule has 0 aliphatic carbocycles. The quantitative estimate of drug-likeness (QED) is 0.823. The summed E-state index contributed by atoms with van der Waals surface area (Å²) in [5, 5.41) is 0. The smallest absolute Gasteiger partial charge is 0.258 e. The fraction of sp³-hybridized carbons (Fsp3) is 0.444. The van der Waals surface area contributed by atoms with Crippen molar-refractivity contribution in [2.45, 2.75) is 18.8 Å². The molecule has 2 aliphatic heterocycles. The van der Waals surface area contributed by atoms with E-state index in [-0.39, 0.29) is 32.0 Å². The molecule has 0 saturated carbocycles. The van der Waals surface area contributed by atoms with Gasteiger partial charge in [-0.2, -0.15) is 0 Å². The number of carbonyl (C=O) groups is 1. The Morgan fingerprint density at radius 1 is 1.04 bits per heavy atom. The van der Waals surface area contributed by atoms with Crippen LogP contribution in [0.15, 0.2) is 43.0 Å². The number of amides is 1. The molecule has 6 nitrogen and oxygen atoms in total. The number of likely N-dealkylation sites (tertiary alicyclic amines) is 1. The van der Waals surface area contributed by atoms with Gasteiger partial charge in [0.05, 0.1) is 11.0 Å². The van der Waals surface area contributed by atoms with Crippen molar-refractivity contribution in [2.24, 2.45) is 5.41 Å². The third kappa shape index (κ3) is 2.79.